The van der Waals surface area contributed by atoms with Gasteiger partial charge in [0.15, 0.2) is 5.82 Å². The van der Waals surface area contributed by atoms with Crippen LogP contribution < -0.4 is 4.90 Å². The number of nitrogens with zero attached hydrogens (tertiary/aromatic N) is 4. The largest absolute Gasteiger partial charge is 0.352 e. The summed E-state index contributed by atoms with van der Waals surface area (Å²) < 4.78 is 26.7. The van der Waals surface area contributed by atoms with E-state index >= 15 is 0 Å². The number of hydrogen-bond donors (Lipinski definition) is 0. The molecule has 0 N–H and O–H groups in total. The highest BCUT2D eigenvalue weighted by atomic mass is 32.2. The second-order valence-corrected chi connectivity index (χ2v) is 8.61. The van der Waals surface area contributed by atoms with Crippen LogP contribution >= 0.6 is 0 Å². The maximum absolute atomic E-state index is 12.6. The van der Waals surface area contributed by atoms with E-state index in [1.165, 1.54) is 9.71 Å². The van der Waals surface area contributed by atoms with E-state index in [0.29, 0.717) is 26.2 Å². The molecule has 29 heavy (non-hydrogen) atoms. The fourth-order valence-corrected chi connectivity index (χ4v) is 4.42. The summed E-state index contributed by atoms with van der Waals surface area (Å²) in [6, 6.07) is 23.2. The monoisotopic (exact) mass is 406 g/mol. The first kappa shape index (κ1) is 19.3. The molecule has 0 radical (unpaired) electrons. The summed E-state index contributed by atoms with van der Waals surface area (Å²) in [5.41, 5.74) is 2.71. The topological polar surface area (TPSA) is 66.4 Å². The second kappa shape index (κ2) is 8.55. The molecule has 1 saturated heterocycles. The molecule has 148 valence electrons. The van der Waals surface area contributed by atoms with Crippen LogP contribution in [0.25, 0.3) is 17.3 Å². The maximum Gasteiger partial charge on any atom is 0.236 e. The molecule has 1 fully saturated rings. The lowest BCUT2D eigenvalue weighted by Crippen LogP contribution is -2.48. The molecule has 1 aliphatic rings. The molecule has 3 aromatic rings. The van der Waals surface area contributed by atoms with Gasteiger partial charge in [-0.05, 0) is 23.8 Å². The number of anilines is 1. The quantitative estimate of drug-likeness (QED) is 0.651. The molecule has 0 saturated carbocycles. The highest BCUT2D eigenvalue weighted by Gasteiger charge is 2.25. The molecular formula is C22H22N4O2S. The average Bonchev–Trinajstić information content (AvgIpc) is 2.79. The number of benzene rings is 2. The number of hydrogen-bond acceptors (Lipinski definition) is 5. The van der Waals surface area contributed by atoms with Gasteiger partial charge >= 0.3 is 0 Å². The molecule has 0 bridgehead atoms. The van der Waals surface area contributed by atoms with Crippen molar-refractivity contribution in [2.24, 2.45) is 0 Å². The summed E-state index contributed by atoms with van der Waals surface area (Å²) >= 11 is 0. The molecule has 0 aliphatic carbocycles. The van der Waals surface area contributed by atoms with E-state index in [-0.39, 0.29) is 0 Å². The van der Waals surface area contributed by atoms with Crippen LogP contribution in [0.4, 0.5) is 5.82 Å². The predicted octanol–water partition coefficient (Wildman–Crippen LogP) is 3.27. The standard InChI is InChI=1S/C22H22N4O2S/c27-29(28,18-13-19-7-3-1-4-8-19)26-16-14-25(15-17-26)22-12-11-21(23-24-22)20-9-5-2-6-10-20/h1-13,18H,14-17H2. The number of piperazine rings is 1. The Morgan fingerprint density at radius 3 is 2.03 bits per heavy atom. The van der Waals surface area contributed by atoms with Crippen molar-refractivity contribution in [3.05, 3.63) is 83.8 Å². The van der Waals surface area contributed by atoms with Crippen LogP contribution in [0.15, 0.2) is 78.2 Å². The maximum atomic E-state index is 12.6. The van der Waals surface area contributed by atoms with Crippen molar-refractivity contribution in [1.82, 2.24) is 14.5 Å². The van der Waals surface area contributed by atoms with Gasteiger partial charge in [0.2, 0.25) is 10.0 Å². The molecule has 1 aromatic heterocycles. The SMILES string of the molecule is O=S(=O)(C=Cc1ccccc1)N1CCN(c2ccc(-c3ccccc3)nn2)CC1. The van der Waals surface area contributed by atoms with Gasteiger partial charge in [-0.2, -0.15) is 4.31 Å². The van der Waals surface area contributed by atoms with Crippen molar-refractivity contribution in [3.63, 3.8) is 0 Å². The highest BCUT2D eigenvalue weighted by molar-refractivity contribution is 7.92. The molecular weight excluding hydrogens is 384 g/mol. The summed E-state index contributed by atoms with van der Waals surface area (Å²) in [6.45, 7) is 2.00. The number of sulfonamides is 1. The molecule has 2 heterocycles. The Morgan fingerprint density at radius 2 is 1.41 bits per heavy atom. The van der Waals surface area contributed by atoms with E-state index in [1.54, 1.807) is 6.08 Å². The minimum Gasteiger partial charge on any atom is -0.352 e. The minimum atomic E-state index is -3.44. The van der Waals surface area contributed by atoms with Crippen LogP contribution in [0.2, 0.25) is 0 Å². The Hall–Kier alpha value is -3.03. The summed E-state index contributed by atoms with van der Waals surface area (Å²) in [6.07, 6.45) is 1.63. The lowest BCUT2D eigenvalue weighted by atomic mass is 10.1. The lowest BCUT2D eigenvalue weighted by molar-refractivity contribution is 0.388. The van der Waals surface area contributed by atoms with Crippen molar-refractivity contribution >= 4 is 21.9 Å². The Labute approximate surface area is 171 Å². The van der Waals surface area contributed by atoms with Crippen molar-refractivity contribution in [2.45, 2.75) is 0 Å². The molecule has 0 unspecified atom stereocenters. The Balaban J connectivity index is 1.38. The van der Waals surface area contributed by atoms with Crippen LogP contribution in [0, 0.1) is 0 Å². The molecule has 0 spiro atoms. The smallest absolute Gasteiger partial charge is 0.236 e. The zero-order valence-corrected chi connectivity index (χ0v) is 16.7. The van der Waals surface area contributed by atoms with Gasteiger partial charge in [0.1, 0.15) is 0 Å². The van der Waals surface area contributed by atoms with Crippen molar-refractivity contribution < 1.29 is 8.42 Å². The van der Waals surface area contributed by atoms with Gasteiger partial charge in [-0.3, -0.25) is 0 Å². The van der Waals surface area contributed by atoms with Crippen LogP contribution in [-0.2, 0) is 10.0 Å². The molecule has 0 atom stereocenters. The summed E-state index contributed by atoms with van der Waals surface area (Å²) in [5.74, 6) is 0.765. The van der Waals surface area contributed by atoms with Crippen LogP contribution in [0.3, 0.4) is 0 Å². The van der Waals surface area contributed by atoms with Gasteiger partial charge in [0.25, 0.3) is 0 Å². The fraction of sp³-hybridized carbons (Fsp3) is 0.182. The average molecular weight is 407 g/mol. The zero-order valence-electron chi connectivity index (χ0n) is 15.9. The molecule has 1 aliphatic heterocycles. The van der Waals surface area contributed by atoms with Gasteiger partial charge in [-0.15, -0.1) is 10.2 Å². The third-order valence-electron chi connectivity index (χ3n) is 4.87. The Morgan fingerprint density at radius 1 is 0.759 bits per heavy atom. The normalized spacial score (nSPS) is 15.7. The van der Waals surface area contributed by atoms with Gasteiger partial charge in [-0.25, -0.2) is 8.42 Å². The molecule has 2 aromatic carbocycles. The van der Waals surface area contributed by atoms with E-state index < -0.39 is 10.0 Å². The highest BCUT2D eigenvalue weighted by Crippen LogP contribution is 2.20. The lowest BCUT2D eigenvalue weighted by Gasteiger charge is -2.33. The van der Waals surface area contributed by atoms with E-state index in [1.807, 2.05) is 72.8 Å². The predicted molar refractivity (Wildman–Crippen MR) is 116 cm³/mol. The van der Waals surface area contributed by atoms with E-state index in [2.05, 4.69) is 15.1 Å². The van der Waals surface area contributed by atoms with E-state index in [9.17, 15) is 8.42 Å². The van der Waals surface area contributed by atoms with Crippen LogP contribution in [0.5, 0.6) is 0 Å². The minimum absolute atomic E-state index is 0.420. The molecule has 7 heteroatoms. The van der Waals surface area contributed by atoms with Gasteiger partial charge in [0.05, 0.1) is 5.69 Å². The molecule has 4 rings (SSSR count). The second-order valence-electron chi connectivity index (χ2n) is 6.79. The van der Waals surface area contributed by atoms with Gasteiger partial charge in [-0.1, -0.05) is 60.7 Å². The first-order valence-corrected chi connectivity index (χ1v) is 11.0. The fourth-order valence-electron chi connectivity index (χ4n) is 3.24. The number of aromatic nitrogens is 2. The van der Waals surface area contributed by atoms with Crippen molar-refractivity contribution in [2.75, 3.05) is 31.1 Å². The van der Waals surface area contributed by atoms with Crippen molar-refractivity contribution in [3.8, 4) is 11.3 Å². The van der Waals surface area contributed by atoms with Crippen LogP contribution in [-0.4, -0.2) is 49.1 Å². The summed E-state index contributed by atoms with van der Waals surface area (Å²) in [5, 5.41) is 9.94. The first-order chi connectivity index (χ1) is 14.1. The first-order valence-electron chi connectivity index (χ1n) is 9.49. The van der Waals surface area contributed by atoms with Gasteiger partial charge < -0.3 is 4.90 Å². The van der Waals surface area contributed by atoms with Gasteiger partial charge in [0, 0.05) is 37.2 Å². The third-order valence-corrected chi connectivity index (χ3v) is 6.44. The van der Waals surface area contributed by atoms with E-state index in [4.69, 9.17) is 0 Å². The zero-order chi connectivity index (χ0) is 20.1. The Bertz CT molecular complexity index is 1060. The summed E-state index contributed by atoms with van der Waals surface area (Å²) in [4.78, 5) is 2.06. The van der Waals surface area contributed by atoms with E-state index in [0.717, 1.165) is 22.6 Å². The van der Waals surface area contributed by atoms with Crippen molar-refractivity contribution in [1.29, 1.82) is 0 Å². The Kier molecular flexibility index (Phi) is 5.69. The van der Waals surface area contributed by atoms with Crippen LogP contribution in [0.1, 0.15) is 5.56 Å². The summed E-state index contributed by atoms with van der Waals surface area (Å²) in [7, 11) is -3.44. The molecule has 6 nitrogen and oxygen atoms in total. The third kappa shape index (κ3) is 4.70. The number of rotatable bonds is 5. The molecule has 0 amide bonds.